The Hall–Kier alpha value is -1.91. The van der Waals surface area contributed by atoms with E-state index in [1.807, 2.05) is 13.8 Å². The predicted molar refractivity (Wildman–Crippen MR) is 60.8 cm³/mol. The minimum absolute atomic E-state index is 0.102. The zero-order chi connectivity index (χ0) is 12.6. The van der Waals surface area contributed by atoms with Gasteiger partial charge in [-0.25, -0.2) is 4.79 Å². The summed E-state index contributed by atoms with van der Waals surface area (Å²) >= 11 is 0. The second-order valence-corrected chi connectivity index (χ2v) is 4.24. The molecule has 1 amide bonds. The van der Waals surface area contributed by atoms with Gasteiger partial charge in [0.2, 0.25) is 0 Å². The molecule has 5 nitrogen and oxygen atoms in total. The highest BCUT2D eigenvalue weighted by Gasteiger charge is 2.26. The van der Waals surface area contributed by atoms with Crippen molar-refractivity contribution in [3.05, 3.63) is 28.6 Å². The molecule has 5 heteroatoms. The van der Waals surface area contributed by atoms with Gasteiger partial charge in [0, 0.05) is 0 Å². The van der Waals surface area contributed by atoms with E-state index >= 15 is 0 Å². The van der Waals surface area contributed by atoms with E-state index in [-0.39, 0.29) is 11.8 Å². The van der Waals surface area contributed by atoms with Gasteiger partial charge in [-0.1, -0.05) is 13.8 Å². The number of ether oxygens (including phenoxy) is 1. The first kappa shape index (κ1) is 11.6. The summed E-state index contributed by atoms with van der Waals surface area (Å²) < 4.78 is 4.71. The topological polar surface area (TPSA) is 68.3 Å². The lowest BCUT2D eigenvalue weighted by Gasteiger charge is -2.11. The Morgan fingerprint density at radius 2 is 2.24 bits per heavy atom. The zero-order valence-corrected chi connectivity index (χ0v) is 10.0. The van der Waals surface area contributed by atoms with Gasteiger partial charge in [0.25, 0.3) is 5.91 Å². The summed E-state index contributed by atoms with van der Waals surface area (Å²) in [6.45, 7) is 4.33. The Kier molecular flexibility index (Phi) is 2.83. The highest BCUT2D eigenvalue weighted by molar-refractivity contribution is 6.01. The largest absolute Gasteiger partial charge is 0.465 e. The molecule has 0 fully saturated rings. The molecule has 0 unspecified atom stereocenters. The molecule has 1 aliphatic heterocycles. The van der Waals surface area contributed by atoms with Crippen molar-refractivity contribution in [3.63, 3.8) is 0 Å². The van der Waals surface area contributed by atoms with Gasteiger partial charge in [-0.15, -0.1) is 0 Å². The van der Waals surface area contributed by atoms with Crippen molar-refractivity contribution >= 4 is 11.9 Å². The first-order valence-electron chi connectivity index (χ1n) is 5.45. The van der Waals surface area contributed by atoms with Crippen LogP contribution < -0.4 is 5.32 Å². The Bertz CT molecular complexity index is 495. The third-order valence-corrected chi connectivity index (χ3v) is 2.74. The normalized spacial score (nSPS) is 13.5. The van der Waals surface area contributed by atoms with Gasteiger partial charge in [0.15, 0.2) is 0 Å². The van der Waals surface area contributed by atoms with E-state index in [2.05, 4.69) is 10.3 Å². The molecule has 1 N–H and O–H groups in total. The first-order valence-corrected chi connectivity index (χ1v) is 5.45. The standard InChI is InChI=1S/C12H14N2O3/c1-6(2)10-8(12(16)17-3)4-7-9(14-10)5-13-11(7)15/h4,6H,5H2,1-3H3,(H,13,15). The highest BCUT2D eigenvalue weighted by Crippen LogP contribution is 2.23. The maximum atomic E-state index is 11.7. The molecule has 0 radical (unpaired) electrons. The number of amides is 1. The number of nitrogens with zero attached hydrogens (tertiary/aromatic N) is 1. The number of carbonyl (C=O) groups is 2. The number of hydrogen-bond donors (Lipinski definition) is 1. The fourth-order valence-electron chi connectivity index (χ4n) is 1.87. The summed E-state index contributed by atoms with van der Waals surface area (Å²) in [5.41, 5.74) is 2.21. The van der Waals surface area contributed by atoms with Crippen molar-refractivity contribution in [2.24, 2.45) is 0 Å². The third-order valence-electron chi connectivity index (χ3n) is 2.74. The first-order chi connectivity index (χ1) is 8.04. The van der Waals surface area contributed by atoms with E-state index in [0.29, 0.717) is 29.1 Å². The van der Waals surface area contributed by atoms with Crippen LogP contribution in [0.15, 0.2) is 6.07 Å². The van der Waals surface area contributed by atoms with Crippen molar-refractivity contribution in [2.75, 3.05) is 7.11 Å². The second kappa shape index (κ2) is 4.16. The fourth-order valence-corrected chi connectivity index (χ4v) is 1.87. The molecule has 0 aromatic carbocycles. The van der Waals surface area contributed by atoms with Gasteiger partial charge >= 0.3 is 5.97 Å². The van der Waals surface area contributed by atoms with Gasteiger partial charge in [-0.2, -0.15) is 0 Å². The quantitative estimate of drug-likeness (QED) is 0.781. The van der Waals surface area contributed by atoms with Crippen molar-refractivity contribution < 1.29 is 14.3 Å². The number of aromatic nitrogens is 1. The second-order valence-electron chi connectivity index (χ2n) is 4.24. The van der Waals surface area contributed by atoms with Crippen LogP contribution in [0.5, 0.6) is 0 Å². The number of hydrogen-bond acceptors (Lipinski definition) is 4. The van der Waals surface area contributed by atoms with Crippen LogP contribution in [0.1, 0.15) is 51.9 Å². The van der Waals surface area contributed by atoms with Crippen LogP contribution in [-0.2, 0) is 11.3 Å². The van der Waals surface area contributed by atoms with E-state index in [1.54, 1.807) is 6.07 Å². The number of nitrogens with one attached hydrogen (secondary N) is 1. The Balaban J connectivity index is 2.60. The van der Waals surface area contributed by atoms with Crippen LogP contribution in [-0.4, -0.2) is 24.0 Å². The molecule has 0 bridgehead atoms. The number of fused-ring (bicyclic) bond motifs is 1. The van der Waals surface area contributed by atoms with Crippen LogP contribution in [0.4, 0.5) is 0 Å². The summed E-state index contributed by atoms with van der Waals surface area (Å²) in [7, 11) is 1.32. The van der Waals surface area contributed by atoms with Crippen molar-refractivity contribution in [3.8, 4) is 0 Å². The SMILES string of the molecule is COC(=O)c1cc2c(nc1C(C)C)CNC2=O. The number of esters is 1. The average molecular weight is 234 g/mol. The molecule has 90 valence electrons. The molecule has 0 aliphatic carbocycles. The maximum Gasteiger partial charge on any atom is 0.339 e. The highest BCUT2D eigenvalue weighted by atomic mass is 16.5. The van der Waals surface area contributed by atoms with E-state index in [1.165, 1.54) is 7.11 Å². The van der Waals surface area contributed by atoms with Crippen LogP contribution in [0.2, 0.25) is 0 Å². The molecule has 17 heavy (non-hydrogen) atoms. The van der Waals surface area contributed by atoms with E-state index in [0.717, 1.165) is 0 Å². The summed E-state index contributed by atoms with van der Waals surface area (Å²) in [6.07, 6.45) is 0. The van der Waals surface area contributed by atoms with Gasteiger partial charge in [0.1, 0.15) is 0 Å². The molecule has 2 rings (SSSR count). The molecule has 1 aromatic rings. The van der Waals surface area contributed by atoms with Crippen molar-refractivity contribution in [1.82, 2.24) is 10.3 Å². The summed E-state index contributed by atoms with van der Waals surface area (Å²) in [6, 6.07) is 1.58. The summed E-state index contributed by atoms with van der Waals surface area (Å²) in [5.74, 6) is -0.540. The van der Waals surface area contributed by atoms with E-state index in [9.17, 15) is 9.59 Å². The molecular formula is C12H14N2O3. The lowest BCUT2D eigenvalue weighted by atomic mass is 10.0. The minimum Gasteiger partial charge on any atom is -0.465 e. The molecule has 0 saturated carbocycles. The summed E-state index contributed by atoms with van der Waals surface area (Å²) in [4.78, 5) is 27.5. The number of carbonyl (C=O) groups excluding carboxylic acids is 2. The van der Waals surface area contributed by atoms with Crippen LogP contribution >= 0.6 is 0 Å². The smallest absolute Gasteiger partial charge is 0.339 e. The van der Waals surface area contributed by atoms with Gasteiger partial charge in [-0.05, 0) is 12.0 Å². The lowest BCUT2D eigenvalue weighted by molar-refractivity contribution is 0.0598. The molecule has 1 aromatic heterocycles. The zero-order valence-electron chi connectivity index (χ0n) is 10.0. The Morgan fingerprint density at radius 1 is 1.53 bits per heavy atom. The molecule has 0 atom stereocenters. The lowest BCUT2D eigenvalue weighted by Crippen LogP contribution is -2.13. The maximum absolute atomic E-state index is 11.7. The number of pyridine rings is 1. The van der Waals surface area contributed by atoms with E-state index < -0.39 is 5.97 Å². The average Bonchev–Trinajstić information content (AvgIpc) is 2.68. The number of rotatable bonds is 2. The predicted octanol–water partition coefficient (Wildman–Crippen LogP) is 1.23. The Labute approximate surface area is 99.2 Å². The molecule has 0 saturated heterocycles. The van der Waals surface area contributed by atoms with E-state index in [4.69, 9.17) is 4.74 Å². The molecular weight excluding hydrogens is 220 g/mol. The minimum atomic E-state index is -0.455. The van der Waals surface area contributed by atoms with Crippen molar-refractivity contribution in [1.29, 1.82) is 0 Å². The molecule has 1 aliphatic rings. The third kappa shape index (κ3) is 1.88. The molecule has 0 spiro atoms. The molecule has 2 heterocycles. The van der Waals surface area contributed by atoms with Gasteiger partial charge < -0.3 is 10.1 Å². The Morgan fingerprint density at radius 3 is 2.82 bits per heavy atom. The van der Waals surface area contributed by atoms with Crippen LogP contribution in [0.3, 0.4) is 0 Å². The van der Waals surface area contributed by atoms with Crippen LogP contribution in [0, 0.1) is 0 Å². The van der Waals surface area contributed by atoms with Crippen molar-refractivity contribution in [2.45, 2.75) is 26.3 Å². The van der Waals surface area contributed by atoms with Gasteiger partial charge in [0.05, 0.1) is 36.2 Å². The van der Waals surface area contributed by atoms with Gasteiger partial charge in [-0.3, -0.25) is 9.78 Å². The van der Waals surface area contributed by atoms with Crippen LogP contribution in [0.25, 0.3) is 0 Å². The number of methoxy groups -OCH3 is 1. The summed E-state index contributed by atoms with van der Waals surface area (Å²) in [5, 5.41) is 2.68. The fraction of sp³-hybridized carbons (Fsp3) is 0.417. The monoisotopic (exact) mass is 234 g/mol.